The largest absolute Gasteiger partial charge is 0.478 e. The third kappa shape index (κ3) is 3.88. The van der Waals surface area contributed by atoms with Crippen LogP contribution >= 0.6 is 11.8 Å². The monoisotopic (exact) mass is 280 g/mol. The van der Waals surface area contributed by atoms with Gasteiger partial charge in [-0.3, -0.25) is 4.90 Å². The zero-order chi connectivity index (χ0) is 13.7. The van der Waals surface area contributed by atoms with Crippen molar-refractivity contribution in [3.8, 4) is 0 Å². The second-order valence-corrected chi connectivity index (χ2v) is 5.91. The quantitative estimate of drug-likeness (QED) is 0.865. The fourth-order valence-electron chi connectivity index (χ4n) is 2.24. The summed E-state index contributed by atoms with van der Waals surface area (Å²) < 4.78 is 0. The number of benzene rings is 1. The van der Waals surface area contributed by atoms with E-state index in [9.17, 15) is 9.90 Å². The average molecular weight is 280 g/mol. The molecule has 2 N–H and O–H groups in total. The average Bonchev–Trinajstić information content (AvgIpc) is 2.41. The molecule has 1 aromatic carbocycles. The van der Waals surface area contributed by atoms with Crippen LogP contribution in [0.4, 0.5) is 5.69 Å². The molecule has 1 heterocycles. The number of carbonyl (C=O) groups is 1. The minimum absolute atomic E-state index is 0.356. The van der Waals surface area contributed by atoms with E-state index < -0.39 is 5.97 Å². The molecule has 2 rings (SSSR count). The van der Waals surface area contributed by atoms with Crippen LogP contribution in [0.3, 0.4) is 0 Å². The van der Waals surface area contributed by atoms with Gasteiger partial charge in [-0.25, -0.2) is 4.79 Å². The summed E-state index contributed by atoms with van der Waals surface area (Å²) in [6.45, 7) is 5.95. The van der Waals surface area contributed by atoms with Crippen LogP contribution in [0.25, 0.3) is 0 Å². The van der Waals surface area contributed by atoms with Gasteiger partial charge in [0.25, 0.3) is 0 Å². The van der Waals surface area contributed by atoms with Gasteiger partial charge >= 0.3 is 5.97 Å². The number of hydrogen-bond donors (Lipinski definition) is 2. The molecular weight excluding hydrogens is 260 g/mol. The highest BCUT2D eigenvalue weighted by Crippen LogP contribution is 2.20. The lowest BCUT2D eigenvalue weighted by atomic mass is 10.1. The smallest absolute Gasteiger partial charge is 0.337 e. The first kappa shape index (κ1) is 14.2. The number of carboxylic acid groups (broad SMARTS) is 1. The molecule has 1 aliphatic heterocycles. The van der Waals surface area contributed by atoms with Crippen molar-refractivity contribution in [2.24, 2.45) is 0 Å². The van der Waals surface area contributed by atoms with Crippen molar-refractivity contribution >= 4 is 23.4 Å². The Morgan fingerprint density at radius 3 is 2.84 bits per heavy atom. The van der Waals surface area contributed by atoms with E-state index in [1.807, 2.05) is 24.8 Å². The Morgan fingerprint density at radius 2 is 2.16 bits per heavy atom. The van der Waals surface area contributed by atoms with Gasteiger partial charge < -0.3 is 10.4 Å². The minimum atomic E-state index is -0.874. The summed E-state index contributed by atoms with van der Waals surface area (Å²) in [5, 5.41) is 12.5. The van der Waals surface area contributed by atoms with Crippen LogP contribution in [0.15, 0.2) is 18.2 Å². The maximum absolute atomic E-state index is 11.2. The number of nitrogens with zero attached hydrogens (tertiary/aromatic N) is 1. The van der Waals surface area contributed by atoms with E-state index in [1.165, 1.54) is 11.5 Å². The van der Waals surface area contributed by atoms with Gasteiger partial charge in [-0.1, -0.05) is 12.1 Å². The van der Waals surface area contributed by atoms with Crippen molar-refractivity contribution in [2.45, 2.75) is 6.92 Å². The molecule has 1 aromatic rings. The Hall–Kier alpha value is -1.20. The van der Waals surface area contributed by atoms with Crippen LogP contribution < -0.4 is 5.32 Å². The molecule has 0 aromatic heterocycles. The Morgan fingerprint density at radius 1 is 1.42 bits per heavy atom. The fourth-order valence-corrected chi connectivity index (χ4v) is 3.22. The van der Waals surface area contributed by atoms with Crippen LogP contribution in [0, 0.1) is 6.92 Å². The lowest BCUT2D eigenvalue weighted by molar-refractivity contribution is 0.0698. The standard InChI is InChI=1S/C14H20N2O2S/c1-11-3-2-4-12(14(17)18)13(11)15-5-6-16-7-9-19-10-8-16/h2-4,15H,5-10H2,1H3,(H,17,18). The van der Waals surface area contributed by atoms with Gasteiger partial charge in [-0.15, -0.1) is 0 Å². The van der Waals surface area contributed by atoms with Crippen LogP contribution in [0.5, 0.6) is 0 Å². The topological polar surface area (TPSA) is 52.6 Å². The Kier molecular flexibility index (Phi) is 5.10. The maximum Gasteiger partial charge on any atom is 0.337 e. The molecule has 19 heavy (non-hydrogen) atoms. The lowest BCUT2D eigenvalue weighted by Crippen LogP contribution is -2.36. The molecule has 0 atom stereocenters. The summed E-state index contributed by atoms with van der Waals surface area (Å²) in [5.74, 6) is 1.52. The summed E-state index contributed by atoms with van der Waals surface area (Å²) in [4.78, 5) is 13.6. The van der Waals surface area contributed by atoms with Crippen molar-refractivity contribution in [3.63, 3.8) is 0 Å². The van der Waals surface area contributed by atoms with E-state index in [-0.39, 0.29) is 0 Å². The molecule has 0 radical (unpaired) electrons. The number of nitrogens with one attached hydrogen (secondary N) is 1. The highest BCUT2D eigenvalue weighted by molar-refractivity contribution is 7.99. The molecule has 5 heteroatoms. The number of para-hydroxylation sites is 1. The molecule has 1 fully saturated rings. The second-order valence-electron chi connectivity index (χ2n) is 4.68. The van der Waals surface area contributed by atoms with E-state index >= 15 is 0 Å². The van der Waals surface area contributed by atoms with Gasteiger partial charge in [0.2, 0.25) is 0 Å². The minimum Gasteiger partial charge on any atom is -0.478 e. The molecule has 0 amide bonds. The third-order valence-electron chi connectivity index (χ3n) is 3.34. The number of anilines is 1. The Labute approximate surface area is 118 Å². The number of thioether (sulfide) groups is 1. The van der Waals surface area contributed by atoms with Gasteiger partial charge in [-0.2, -0.15) is 11.8 Å². The zero-order valence-corrected chi connectivity index (χ0v) is 12.0. The summed E-state index contributed by atoms with van der Waals surface area (Å²) in [6, 6.07) is 5.37. The molecule has 0 saturated carbocycles. The fraction of sp³-hybridized carbons (Fsp3) is 0.500. The van der Waals surface area contributed by atoms with Crippen LogP contribution in [0.1, 0.15) is 15.9 Å². The first-order valence-electron chi connectivity index (χ1n) is 6.55. The molecule has 1 saturated heterocycles. The van der Waals surface area contributed by atoms with Gasteiger partial charge in [0.1, 0.15) is 0 Å². The summed E-state index contributed by atoms with van der Waals surface area (Å²) in [7, 11) is 0. The van der Waals surface area contributed by atoms with Gasteiger partial charge in [0.15, 0.2) is 0 Å². The third-order valence-corrected chi connectivity index (χ3v) is 4.28. The molecule has 0 aliphatic carbocycles. The van der Waals surface area contributed by atoms with Crippen LogP contribution in [-0.4, -0.2) is 53.7 Å². The van der Waals surface area contributed by atoms with Crippen molar-refractivity contribution < 1.29 is 9.90 Å². The van der Waals surface area contributed by atoms with Crippen LogP contribution in [0.2, 0.25) is 0 Å². The van der Waals surface area contributed by atoms with E-state index in [0.717, 1.165) is 37.4 Å². The SMILES string of the molecule is Cc1cccc(C(=O)O)c1NCCN1CCSCC1. The molecule has 0 spiro atoms. The van der Waals surface area contributed by atoms with Gasteiger partial charge in [0.05, 0.1) is 11.3 Å². The number of rotatable bonds is 5. The van der Waals surface area contributed by atoms with Crippen LogP contribution in [-0.2, 0) is 0 Å². The summed E-state index contributed by atoms with van der Waals surface area (Å²) in [6.07, 6.45) is 0. The maximum atomic E-state index is 11.2. The van der Waals surface area contributed by atoms with Crippen molar-refractivity contribution in [3.05, 3.63) is 29.3 Å². The predicted molar refractivity (Wildman–Crippen MR) is 80.4 cm³/mol. The van der Waals surface area contributed by atoms with E-state index in [2.05, 4.69) is 10.2 Å². The van der Waals surface area contributed by atoms with Gasteiger partial charge in [0, 0.05) is 37.7 Å². The number of aromatic carboxylic acids is 1. The molecule has 4 nitrogen and oxygen atoms in total. The van der Waals surface area contributed by atoms with E-state index in [4.69, 9.17) is 0 Å². The number of hydrogen-bond acceptors (Lipinski definition) is 4. The van der Waals surface area contributed by atoms with Crippen molar-refractivity contribution in [2.75, 3.05) is 43.0 Å². The molecule has 1 aliphatic rings. The molecule has 0 bridgehead atoms. The highest BCUT2D eigenvalue weighted by Gasteiger charge is 2.13. The van der Waals surface area contributed by atoms with E-state index in [0.29, 0.717) is 5.56 Å². The Balaban J connectivity index is 1.93. The summed E-state index contributed by atoms with van der Waals surface area (Å²) in [5.41, 5.74) is 2.09. The van der Waals surface area contributed by atoms with Gasteiger partial charge in [-0.05, 0) is 18.6 Å². The van der Waals surface area contributed by atoms with Crippen molar-refractivity contribution in [1.82, 2.24) is 4.90 Å². The Bertz CT molecular complexity index is 445. The first-order chi connectivity index (χ1) is 9.18. The zero-order valence-electron chi connectivity index (χ0n) is 11.2. The predicted octanol–water partition coefficient (Wildman–Crippen LogP) is 2.15. The highest BCUT2D eigenvalue weighted by atomic mass is 32.2. The molecular formula is C14H20N2O2S. The normalized spacial score (nSPS) is 16.3. The van der Waals surface area contributed by atoms with E-state index in [1.54, 1.807) is 12.1 Å². The lowest BCUT2D eigenvalue weighted by Gasteiger charge is -2.26. The summed E-state index contributed by atoms with van der Waals surface area (Å²) >= 11 is 2.00. The number of aryl methyl sites for hydroxylation is 1. The molecule has 104 valence electrons. The number of carboxylic acids is 1. The first-order valence-corrected chi connectivity index (χ1v) is 7.71. The second kappa shape index (κ2) is 6.82. The molecule has 0 unspecified atom stereocenters. The van der Waals surface area contributed by atoms with Crippen molar-refractivity contribution in [1.29, 1.82) is 0 Å².